The molecule has 14 heavy (non-hydrogen) atoms. The Morgan fingerprint density at radius 2 is 2.07 bits per heavy atom. The van der Waals surface area contributed by atoms with Crippen LogP contribution in [0.5, 0.6) is 0 Å². The lowest BCUT2D eigenvalue weighted by Crippen LogP contribution is -2.34. The van der Waals surface area contributed by atoms with E-state index in [-0.39, 0.29) is 6.09 Å². The van der Waals surface area contributed by atoms with Crippen LogP contribution in [0, 0.1) is 17.8 Å². The SMILES string of the molecule is CC(C)COC(=O)N1C[C@@H]2C(N)[C@@H]2C1. The Morgan fingerprint density at radius 1 is 1.50 bits per heavy atom. The summed E-state index contributed by atoms with van der Waals surface area (Å²) in [7, 11) is 0. The summed E-state index contributed by atoms with van der Waals surface area (Å²) in [5, 5.41) is 0. The first kappa shape index (κ1) is 9.77. The lowest BCUT2D eigenvalue weighted by Gasteiger charge is -2.19. The van der Waals surface area contributed by atoms with Gasteiger partial charge in [0.05, 0.1) is 6.61 Å². The molecule has 0 spiro atoms. The molecule has 1 aliphatic heterocycles. The van der Waals surface area contributed by atoms with Crippen LogP contribution in [0.3, 0.4) is 0 Å². The van der Waals surface area contributed by atoms with Gasteiger partial charge < -0.3 is 15.4 Å². The molecule has 1 saturated heterocycles. The van der Waals surface area contributed by atoms with E-state index in [1.807, 2.05) is 13.8 Å². The number of piperidine rings is 1. The number of hydrogen-bond donors (Lipinski definition) is 1. The second-order valence-corrected chi connectivity index (χ2v) is 4.78. The fourth-order valence-electron chi connectivity index (χ4n) is 2.05. The maximum atomic E-state index is 11.5. The first-order chi connectivity index (χ1) is 6.59. The van der Waals surface area contributed by atoms with Crippen molar-refractivity contribution in [1.29, 1.82) is 0 Å². The number of ether oxygens (including phenoxy) is 1. The van der Waals surface area contributed by atoms with Gasteiger partial charge in [0, 0.05) is 19.1 Å². The van der Waals surface area contributed by atoms with Crippen molar-refractivity contribution >= 4 is 6.09 Å². The van der Waals surface area contributed by atoms with Gasteiger partial charge in [0.25, 0.3) is 0 Å². The average molecular weight is 198 g/mol. The fraction of sp³-hybridized carbons (Fsp3) is 0.900. The molecule has 1 saturated carbocycles. The summed E-state index contributed by atoms with van der Waals surface area (Å²) >= 11 is 0. The lowest BCUT2D eigenvalue weighted by molar-refractivity contribution is 0.0955. The lowest BCUT2D eigenvalue weighted by atomic mass is 10.2. The molecule has 4 heteroatoms. The molecule has 0 aromatic heterocycles. The van der Waals surface area contributed by atoms with Crippen molar-refractivity contribution in [2.75, 3.05) is 19.7 Å². The molecule has 3 atom stereocenters. The number of nitrogens with two attached hydrogens (primary N) is 1. The van der Waals surface area contributed by atoms with Crippen molar-refractivity contribution in [2.45, 2.75) is 19.9 Å². The van der Waals surface area contributed by atoms with E-state index < -0.39 is 0 Å². The Kier molecular flexibility index (Phi) is 2.39. The van der Waals surface area contributed by atoms with Crippen LogP contribution >= 0.6 is 0 Å². The van der Waals surface area contributed by atoms with Gasteiger partial charge in [-0.3, -0.25) is 0 Å². The summed E-state index contributed by atoms with van der Waals surface area (Å²) < 4.78 is 5.14. The number of fused-ring (bicyclic) bond motifs is 1. The largest absolute Gasteiger partial charge is 0.449 e. The maximum absolute atomic E-state index is 11.5. The number of nitrogens with zero attached hydrogens (tertiary/aromatic N) is 1. The highest BCUT2D eigenvalue weighted by Crippen LogP contribution is 2.43. The smallest absolute Gasteiger partial charge is 0.409 e. The van der Waals surface area contributed by atoms with E-state index in [0.29, 0.717) is 30.4 Å². The van der Waals surface area contributed by atoms with Crippen LogP contribution in [0.2, 0.25) is 0 Å². The highest BCUT2D eigenvalue weighted by atomic mass is 16.6. The van der Waals surface area contributed by atoms with Gasteiger partial charge in [-0.2, -0.15) is 0 Å². The molecule has 4 nitrogen and oxygen atoms in total. The van der Waals surface area contributed by atoms with Gasteiger partial charge in [-0.15, -0.1) is 0 Å². The van der Waals surface area contributed by atoms with Crippen LogP contribution in [-0.4, -0.2) is 36.7 Å². The molecule has 2 rings (SSSR count). The Morgan fingerprint density at radius 3 is 2.57 bits per heavy atom. The van der Waals surface area contributed by atoms with Crippen molar-refractivity contribution < 1.29 is 9.53 Å². The predicted octanol–water partition coefficient (Wildman–Crippen LogP) is 0.668. The van der Waals surface area contributed by atoms with Crippen LogP contribution in [-0.2, 0) is 4.74 Å². The zero-order valence-electron chi connectivity index (χ0n) is 8.77. The monoisotopic (exact) mass is 198 g/mol. The van der Waals surface area contributed by atoms with Gasteiger partial charge in [-0.05, 0) is 17.8 Å². The Balaban J connectivity index is 1.73. The highest BCUT2D eigenvalue weighted by molar-refractivity contribution is 5.68. The van der Waals surface area contributed by atoms with Crippen LogP contribution in [0.4, 0.5) is 4.79 Å². The van der Waals surface area contributed by atoms with E-state index in [9.17, 15) is 4.79 Å². The van der Waals surface area contributed by atoms with Crippen molar-refractivity contribution in [3.05, 3.63) is 0 Å². The summed E-state index contributed by atoms with van der Waals surface area (Å²) in [6.07, 6.45) is -0.168. The molecule has 1 aliphatic carbocycles. The molecule has 0 aromatic carbocycles. The quantitative estimate of drug-likeness (QED) is 0.709. The number of carbonyl (C=O) groups excluding carboxylic acids is 1. The van der Waals surface area contributed by atoms with Gasteiger partial charge in [-0.25, -0.2) is 4.79 Å². The van der Waals surface area contributed by atoms with Gasteiger partial charge in [0.15, 0.2) is 0 Å². The Bertz CT molecular complexity index is 230. The number of likely N-dealkylation sites (tertiary alicyclic amines) is 1. The first-order valence-electron chi connectivity index (χ1n) is 5.27. The summed E-state index contributed by atoms with van der Waals surface area (Å²) in [6.45, 7) is 6.16. The van der Waals surface area contributed by atoms with E-state index >= 15 is 0 Å². The van der Waals surface area contributed by atoms with Crippen LogP contribution in [0.15, 0.2) is 0 Å². The molecule has 1 heterocycles. The molecule has 1 amide bonds. The third kappa shape index (κ3) is 1.71. The number of hydrogen-bond acceptors (Lipinski definition) is 3. The minimum Gasteiger partial charge on any atom is -0.449 e. The molecule has 0 radical (unpaired) electrons. The van der Waals surface area contributed by atoms with E-state index in [1.165, 1.54) is 0 Å². The molecule has 2 N–H and O–H groups in total. The molecule has 1 unspecified atom stereocenters. The summed E-state index contributed by atoms with van der Waals surface area (Å²) in [5.41, 5.74) is 5.78. The van der Waals surface area contributed by atoms with Crippen molar-refractivity contribution in [1.82, 2.24) is 4.90 Å². The highest BCUT2D eigenvalue weighted by Gasteiger charge is 2.54. The first-order valence-corrected chi connectivity index (χ1v) is 5.27. The van der Waals surface area contributed by atoms with Crippen molar-refractivity contribution in [3.8, 4) is 0 Å². The number of amides is 1. The molecular weight excluding hydrogens is 180 g/mol. The third-order valence-electron chi connectivity index (χ3n) is 3.06. The Hall–Kier alpha value is -0.770. The second kappa shape index (κ2) is 3.42. The number of carbonyl (C=O) groups is 1. The normalized spacial score (nSPS) is 34.6. The van der Waals surface area contributed by atoms with Crippen LogP contribution < -0.4 is 5.73 Å². The number of rotatable bonds is 2. The molecule has 0 aromatic rings. The van der Waals surface area contributed by atoms with E-state index in [2.05, 4.69) is 0 Å². The fourth-order valence-corrected chi connectivity index (χ4v) is 2.05. The van der Waals surface area contributed by atoms with Gasteiger partial charge in [-0.1, -0.05) is 13.8 Å². The zero-order valence-corrected chi connectivity index (χ0v) is 8.77. The molecule has 80 valence electrons. The zero-order chi connectivity index (χ0) is 10.3. The van der Waals surface area contributed by atoms with Gasteiger partial charge in [0.1, 0.15) is 0 Å². The standard InChI is InChI=1S/C10H18N2O2/c1-6(2)5-14-10(13)12-3-7-8(4-12)9(7)11/h6-9H,3-5,11H2,1-2H3/t7-,8+,9?. The summed E-state index contributed by atoms with van der Waals surface area (Å²) in [6, 6.07) is 0.337. The Labute approximate surface area is 84.4 Å². The molecule has 2 aliphatic rings. The van der Waals surface area contributed by atoms with E-state index in [0.717, 1.165) is 13.1 Å². The molecule has 2 fully saturated rings. The molecular formula is C10H18N2O2. The van der Waals surface area contributed by atoms with Crippen molar-refractivity contribution in [2.24, 2.45) is 23.5 Å². The van der Waals surface area contributed by atoms with Gasteiger partial charge >= 0.3 is 6.09 Å². The maximum Gasteiger partial charge on any atom is 0.409 e. The summed E-state index contributed by atoms with van der Waals surface area (Å²) in [4.78, 5) is 13.3. The van der Waals surface area contributed by atoms with Crippen LogP contribution in [0.25, 0.3) is 0 Å². The van der Waals surface area contributed by atoms with Gasteiger partial charge in [0.2, 0.25) is 0 Å². The third-order valence-corrected chi connectivity index (χ3v) is 3.06. The van der Waals surface area contributed by atoms with Crippen LogP contribution in [0.1, 0.15) is 13.8 Å². The van der Waals surface area contributed by atoms with E-state index in [4.69, 9.17) is 10.5 Å². The minimum atomic E-state index is -0.168. The second-order valence-electron chi connectivity index (χ2n) is 4.78. The van der Waals surface area contributed by atoms with Crippen molar-refractivity contribution in [3.63, 3.8) is 0 Å². The average Bonchev–Trinajstić information content (AvgIpc) is 2.63. The molecule has 0 bridgehead atoms. The topological polar surface area (TPSA) is 55.6 Å². The summed E-state index contributed by atoms with van der Waals surface area (Å²) in [5.74, 6) is 1.49. The predicted molar refractivity (Wildman–Crippen MR) is 52.7 cm³/mol. The minimum absolute atomic E-state index is 0.168. The van der Waals surface area contributed by atoms with E-state index in [1.54, 1.807) is 4.90 Å².